The molecule has 0 aromatic carbocycles. The summed E-state index contributed by atoms with van der Waals surface area (Å²) in [7, 11) is 3.93. The molecule has 0 bridgehead atoms. The van der Waals surface area contributed by atoms with Gasteiger partial charge in [-0.05, 0) is 27.2 Å². The van der Waals surface area contributed by atoms with Crippen LogP contribution in [0, 0.1) is 6.92 Å². The Morgan fingerprint density at radius 3 is 2.53 bits per heavy atom. The highest BCUT2D eigenvalue weighted by Gasteiger charge is 2.10. The number of hydrogen-bond acceptors (Lipinski definition) is 5. The van der Waals surface area contributed by atoms with Crippen LogP contribution < -0.4 is 16.0 Å². The van der Waals surface area contributed by atoms with Gasteiger partial charge in [-0.2, -0.15) is 0 Å². The first-order valence-corrected chi connectivity index (χ1v) is 5.84. The molecular formula is C12H23N5. The molecule has 0 aliphatic carbocycles. The Morgan fingerprint density at radius 2 is 2.00 bits per heavy atom. The maximum absolute atomic E-state index is 5.93. The third kappa shape index (κ3) is 4.99. The van der Waals surface area contributed by atoms with Gasteiger partial charge in [0.1, 0.15) is 17.5 Å². The molecule has 17 heavy (non-hydrogen) atoms. The Balaban J connectivity index is 2.65. The fraction of sp³-hybridized carbons (Fsp3) is 0.667. The lowest BCUT2D eigenvalue weighted by atomic mass is 10.0. The molecule has 3 N–H and O–H groups in total. The van der Waals surface area contributed by atoms with Crippen molar-refractivity contribution in [3.8, 4) is 0 Å². The standard InChI is InChI=1S/C12H23N5/c1-9-15-10(8-11(16-9)17(4)5)14-7-6-12(2,3)13/h8H,6-7,13H2,1-5H3,(H,14,15,16). The number of rotatable bonds is 5. The number of nitrogens with two attached hydrogens (primary N) is 1. The molecule has 0 atom stereocenters. The number of hydrogen-bond donors (Lipinski definition) is 2. The van der Waals surface area contributed by atoms with Gasteiger partial charge in [-0.15, -0.1) is 0 Å². The van der Waals surface area contributed by atoms with Crippen molar-refractivity contribution >= 4 is 11.6 Å². The fourth-order valence-electron chi connectivity index (χ4n) is 1.38. The van der Waals surface area contributed by atoms with Crippen LogP contribution >= 0.6 is 0 Å². The maximum atomic E-state index is 5.93. The molecule has 1 rings (SSSR count). The Morgan fingerprint density at radius 1 is 1.35 bits per heavy atom. The maximum Gasteiger partial charge on any atom is 0.133 e. The number of nitrogens with one attached hydrogen (secondary N) is 1. The molecule has 5 nitrogen and oxygen atoms in total. The molecule has 0 radical (unpaired) electrons. The summed E-state index contributed by atoms with van der Waals surface area (Å²) < 4.78 is 0. The van der Waals surface area contributed by atoms with E-state index in [1.54, 1.807) is 0 Å². The molecule has 0 fully saturated rings. The van der Waals surface area contributed by atoms with Crippen molar-refractivity contribution in [3.63, 3.8) is 0 Å². The van der Waals surface area contributed by atoms with Crippen LogP contribution in [0.5, 0.6) is 0 Å². The molecule has 0 aliphatic heterocycles. The van der Waals surface area contributed by atoms with Gasteiger partial charge in [-0.3, -0.25) is 0 Å². The van der Waals surface area contributed by atoms with Crippen LogP contribution in [0.3, 0.4) is 0 Å². The number of nitrogens with zero attached hydrogens (tertiary/aromatic N) is 3. The predicted octanol–water partition coefficient (Wildman–Crippen LogP) is 1.39. The van der Waals surface area contributed by atoms with E-state index in [1.807, 2.05) is 45.8 Å². The second kappa shape index (κ2) is 5.31. The van der Waals surface area contributed by atoms with Gasteiger partial charge in [-0.1, -0.05) is 0 Å². The van der Waals surface area contributed by atoms with E-state index in [0.717, 1.165) is 30.4 Å². The SMILES string of the molecule is Cc1nc(NCCC(C)(C)N)cc(N(C)C)n1. The van der Waals surface area contributed by atoms with E-state index in [0.29, 0.717) is 0 Å². The van der Waals surface area contributed by atoms with Crippen molar-refractivity contribution in [1.29, 1.82) is 0 Å². The van der Waals surface area contributed by atoms with Crippen molar-refractivity contribution in [2.75, 3.05) is 30.9 Å². The first-order chi connectivity index (χ1) is 7.78. The van der Waals surface area contributed by atoms with Gasteiger partial charge in [0.05, 0.1) is 0 Å². The van der Waals surface area contributed by atoms with Crippen LogP contribution in [-0.2, 0) is 0 Å². The summed E-state index contributed by atoms with van der Waals surface area (Å²) in [5, 5.41) is 3.28. The molecule has 0 spiro atoms. The number of aryl methyl sites for hydroxylation is 1. The summed E-state index contributed by atoms with van der Waals surface area (Å²) in [5.74, 6) is 2.53. The Kier molecular flexibility index (Phi) is 4.28. The van der Waals surface area contributed by atoms with Crippen molar-refractivity contribution in [2.24, 2.45) is 5.73 Å². The summed E-state index contributed by atoms with van der Waals surface area (Å²) >= 11 is 0. The number of anilines is 2. The molecular weight excluding hydrogens is 214 g/mol. The zero-order valence-corrected chi connectivity index (χ0v) is 11.4. The minimum atomic E-state index is -0.153. The monoisotopic (exact) mass is 237 g/mol. The van der Waals surface area contributed by atoms with Gasteiger partial charge in [0.2, 0.25) is 0 Å². The Bertz CT molecular complexity index is 368. The molecule has 96 valence electrons. The topological polar surface area (TPSA) is 67.1 Å². The van der Waals surface area contributed by atoms with Crippen LogP contribution in [0.25, 0.3) is 0 Å². The van der Waals surface area contributed by atoms with Gasteiger partial charge in [-0.25, -0.2) is 9.97 Å². The molecule has 0 aliphatic rings. The molecule has 0 saturated heterocycles. The second-order valence-electron chi connectivity index (χ2n) is 5.22. The van der Waals surface area contributed by atoms with E-state index in [-0.39, 0.29) is 5.54 Å². The smallest absolute Gasteiger partial charge is 0.133 e. The third-order valence-corrected chi connectivity index (χ3v) is 2.36. The van der Waals surface area contributed by atoms with Crippen LogP contribution in [0.2, 0.25) is 0 Å². The molecule has 5 heteroatoms. The first-order valence-electron chi connectivity index (χ1n) is 5.84. The lowest BCUT2D eigenvalue weighted by Crippen LogP contribution is -2.34. The molecule has 1 aromatic heterocycles. The zero-order valence-electron chi connectivity index (χ0n) is 11.4. The van der Waals surface area contributed by atoms with E-state index in [2.05, 4.69) is 15.3 Å². The highest BCUT2D eigenvalue weighted by Crippen LogP contribution is 2.14. The Hall–Kier alpha value is -1.36. The molecule has 0 saturated carbocycles. The zero-order chi connectivity index (χ0) is 13.1. The highest BCUT2D eigenvalue weighted by atomic mass is 15.2. The summed E-state index contributed by atoms with van der Waals surface area (Å²) in [4.78, 5) is 10.7. The summed E-state index contributed by atoms with van der Waals surface area (Å²) in [6.07, 6.45) is 0.896. The average molecular weight is 237 g/mol. The fourth-order valence-corrected chi connectivity index (χ4v) is 1.38. The van der Waals surface area contributed by atoms with Gasteiger partial charge in [0, 0.05) is 32.2 Å². The van der Waals surface area contributed by atoms with Crippen molar-refractivity contribution < 1.29 is 0 Å². The van der Waals surface area contributed by atoms with Crippen molar-refractivity contribution in [2.45, 2.75) is 32.7 Å². The largest absolute Gasteiger partial charge is 0.370 e. The van der Waals surface area contributed by atoms with E-state index in [9.17, 15) is 0 Å². The van der Waals surface area contributed by atoms with E-state index < -0.39 is 0 Å². The molecule has 0 unspecified atom stereocenters. The number of aromatic nitrogens is 2. The third-order valence-electron chi connectivity index (χ3n) is 2.36. The average Bonchev–Trinajstić information content (AvgIpc) is 2.14. The van der Waals surface area contributed by atoms with Crippen LogP contribution in [-0.4, -0.2) is 36.1 Å². The van der Waals surface area contributed by atoms with Crippen LogP contribution in [0.4, 0.5) is 11.6 Å². The van der Waals surface area contributed by atoms with Gasteiger partial charge in [0.25, 0.3) is 0 Å². The summed E-state index contributed by atoms with van der Waals surface area (Å²) in [5.41, 5.74) is 5.77. The van der Waals surface area contributed by atoms with Crippen molar-refractivity contribution in [1.82, 2.24) is 9.97 Å². The highest BCUT2D eigenvalue weighted by molar-refractivity contribution is 5.48. The minimum absolute atomic E-state index is 0.153. The van der Waals surface area contributed by atoms with Crippen molar-refractivity contribution in [3.05, 3.63) is 11.9 Å². The minimum Gasteiger partial charge on any atom is -0.370 e. The van der Waals surface area contributed by atoms with E-state index >= 15 is 0 Å². The normalized spacial score (nSPS) is 11.4. The van der Waals surface area contributed by atoms with Gasteiger partial charge in [0.15, 0.2) is 0 Å². The second-order valence-corrected chi connectivity index (χ2v) is 5.22. The molecule has 1 aromatic rings. The van der Waals surface area contributed by atoms with Gasteiger partial charge < -0.3 is 16.0 Å². The molecule has 0 amide bonds. The van der Waals surface area contributed by atoms with Crippen LogP contribution in [0.15, 0.2) is 6.07 Å². The quantitative estimate of drug-likeness (QED) is 0.810. The lowest BCUT2D eigenvalue weighted by Gasteiger charge is -2.19. The van der Waals surface area contributed by atoms with Gasteiger partial charge >= 0.3 is 0 Å². The van der Waals surface area contributed by atoms with E-state index in [1.165, 1.54) is 0 Å². The van der Waals surface area contributed by atoms with E-state index in [4.69, 9.17) is 5.73 Å². The van der Waals surface area contributed by atoms with Crippen LogP contribution in [0.1, 0.15) is 26.1 Å². The Labute approximate surface area is 103 Å². The summed E-state index contributed by atoms with van der Waals surface area (Å²) in [6.45, 7) is 6.74. The lowest BCUT2D eigenvalue weighted by molar-refractivity contribution is 0.490. The predicted molar refractivity (Wildman–Crippen MR) is 72.5 cm³/mol. The molecule has 1 heterocycles. The summed E-state index contributed by atoms with van der Waals surface area (Å²) in [6, 6.07) is 1.94. The first kappa shape index (κ1) is 13.7.